The quantitative estimate of drug-likeness (QED) is 0.236. The maximum atomic E-state index is 13.9. The molecule has 2 aliphatic rings. The molecule has 6 rings (SSSR count). The molecular weight excluding hydrogens is 528 g/mol. The highest BCUT2D eigenvalue weighted by Gasteiger charge is 2.60. The number of hydrogen-bond donors (Lipinski definition) is 0. The van der Waals surface area contributed by atoms with Gasteiger partial charge in [0.25, 0.3) is 5.91 Å². The lowest BCUT2D eigenvalue weighted by molar-refractivity contribution is -0.126. The van der Waals surface area contributed by atoms with E-state index in [-0.39, 0.29) is 5.91 Å². The normalized spacial score (nSPS) is 20.1. The first-order chi connectivity index (χ1) is 19.6. The van der Waals surface area contributed by atoms with Crippen molar-refractivity contribution in [1.29, 1.82) is 0 Å². The Morgan fingerprint density at radius 3 is 2.23 bits per heavy atom. The molecule has 2 fully saturated rings. The van der Waals surface area contributed by atoms with E-state index in [4.69, 9.17) is 25.9 Å². The van der Waals surface area contributed by atoms with Gasteiger partial charge in [0.1, 0.15) is 12.5 Å². The smallest absolute Gasteiger partial charge is 0.266 e. The number of amides is 2. The molecule has 0 saturated carbocycles. The number of imide groups is 1. The van der Waals surface area contributed by atoms with Crippen molar-refractivity contribution < 1.29 is 23.9 Å². The van der Waals surface area contributed by atoms with Gasteiger partial charge in [-0.3, -0.25) is 14.4 Å². The number of para-hydroxylation sites is 2. The molecule has 8 heteroatoms. The summed E-state index contributed by atoms with van der Waals surface area (Å²) in [4.78, 5) is 34.9. The van der Waals surface area contributed by atoms with Gasteiger partial charge in [-0.15, -0.1) is 0 Å². The van der Waals surface area contributed by atoms with Gasteiger partial charge in [0.05, 0.1) is 29.0 Å². The van der Waals surface area contributed by atoms with Gasteiger partial charge in [0.2, 0.25) is 5.91 Å². The lowest BCUT2D eigenvalue weighted by Gasteiger charge is -2.29. The second-order valence-electron chi connectivity index (χ2n) is 9.53. The van der Waals surface area contributed by atoms with Crippen molar-refractivity contribution in [3.63, 3.8) is 0 Å². The van der Waals surface area contributed by atoms with E-state index >= 15 is 0 Å². The van der Waals surface area contributed by atoms with Gasteiger partial charge >= 0.3 is 0 Å². The molecule has 2 heterocycles. The summed E-state index contributed by atoms with van der Waals surface area (Å²) in [6.45, 7) is 2.71. The van der Waals surface area contributed by atoms with E-state index in [1.165, 1.54) is 0 Å². The second-order valence-corrected chi connectivity index (χ2v) is 9.94. The number of fused-ring (bicyclic) bond motifs is 1. The standard InChI is InChI=1S/C32H27ClN2O5/c1-2-38-27-19-22(17-18-26(27)39-20-21-11-5-3-6-12-21)29-28-30(40-35(29)23-13-7-4-8-14-23)32(37)34(31(28)36)25-16-10-9-15-24(25)33/h3-19,28-30H,2,20H2,1H3/t28-,29-,30+/m1/s1. The van der Waals surface area contributed by atoms with Gasteiger partial charge < -0.3 is 9.47 Å². The van der Waals surface area contributed by atoms with E-state index in [2.05, 4.69) is 0 Å². The Morgan fingerprint density at radius 2 is 1.50 bits per heavy atom. The fraction of sp³-hybridized carbons (Fsp3) is 0.188. The summed E-state index contributed by atoms with van der Waals surface area (Å²) in [6, 6.07) is 31.1. The van der Waals surface area contributed by atoms with E-state index in [0.29, 0.717) is 35.4 Å². The fourth-order valence-electron chi connectivity index (χ4n) is 5.25. The number of hydroxylamine groups is 1. The maximum absolute atomic E-state index is 13.9. The van der Waals surface area contributed by atoms with Crippen LogP contribution in [0.1, 0.15) is 24.1 Å². The molecular formula is C32H27ClN2O5. The zero-order chi connectivity index (χ0) is 27.6. The number of rotatable bonds is 8. The first-order valence-corrected chi connectivity index (χ1v) is 13.5. The fourth-order valence-corrected chi connectivity index (χ4v) is 5.47. The molecule has 2 aliphatic heterocycles. The van der Waals surface area contributed by atoms with Gasteiger partial charge in [-0.05, 0) is 54.4 Å². The van der Waals surface area contributed by atoms with Crippen LogP contribution in [0.25, 0.3) is 0 Å². The molecule has 4 aromatic rings. The van der Waals surface area contributed by atoms with Crippen molar-refractivity contribution in [3.8, 4) is 11.5 Å². The van der Waals surface area contributed by atoms with Gasteiger partial charge in [-0.25, -0.2) is 9.96 Å². The number of benzene rings is 4. The molecule has 0 bridgehead atoms. The first kappa shape index (κ1) is 25.9. The summed E-state index contributed by atoms with van der Waals surface area (Å²) in [5.41, 5.74) is 2.87. The van der Waals surface area contributed by atoms with Crippen LogP contribution in [0.3, 0.4) is 0 Å². The van der Waals surface area contributed by atoms with E-state index in [9.17, 15) is 9.59 Å². The molecule has 0 aliphatic carbocycles. The predicted molar refractivity (Wildman–Crippen MR) is 152 cm³/mol. The minimum atomic E-state index is -1.00. The van der Waals surface area contributed by atoms with Crippen LogP contribution in [-0.4, -0.2) is 24.5 Å². The maximum Gasteiger partial charge on any atom is 0.266 e. The van der Waals surface area contributed by atoms with Gasteiger partial charge in [-0.1, -0.05) is 78.3 Å². The largest absolute Gasteiger partial charge is 0.490 e. The Morgan fingerprint density at radius 1 is 0.800 bits per heavy atom. The van der Waals surface area contributed by atoms with Crippen LogP contribution in [0.4, 0.5) is 11.4 Å². The Hall–Kier alpha value is -4.33. The highest BCUT2D eigenvalue weighted by atomic mass is 35.5. The molecule has 3 atom stereocenters. The topological polar surface area (TPSA) is 68.3 Å². The number of anilines is 2. The summed E-state index contributed by atoms with van der Waals surface area (Å²) in [5, 5.41) is 1.98. The highest BCUT2D eigenvalue weighted by Crippen LogP contribution is 2.49. The summed E-state index contributed by atoms with van der Waals surface area (Å²) >= 11 is 6.39. The van der Waals surface area contributed by atoms with Crippen molar-refractivity contribution in [2.24, 2.45) is 5.92 Å². The number of hydrogen-bond acceptors (Lipinski definition) is 6. The SMILES string of the molecule is CCOc1cc([C@@H]2[C@H]3C(=O)N(c4ccccc4Cl)C(=O)[C@H]3ON2c2ccccc2)ccc1OCc1ccccc1. The predicted octanol–water partition coefficient (Wildman–Crippen LogP) is 6.37. The lowest BCUT2D eigenvalue weighted by atomic mass is 9.90. The molecule has 7 nitrogen and oxygen atoms in total. The molecule has 0 unspecified atom stereocenters. The van der Waals surface area contributed by atoms with Crippen molar-refractivity contribution >= 4 is 34.8 Å². The summed E-state index contributed by atoms with van der Waals surface area (Å²) < 4.78 is 12.1. The van der Waals surface area contributed by atoms with E-state index in [0.717, 1.165) is 21.7 Å². The minimum absolute atomic E-state index is 0.319. The van der Waals surface area contributed by atoms with Crippen molar-refractivity contribution in [1.82, 2.24) is 0 Å². The Kier molecular flexibility index (Phi) is 7.15. The van der Waals surface area contributed by atoms with Gasteiger partial charge in [0.15, 0.2) is 17.6 Å². The average Bonchev–Trinajstić information content (AvgIpc) is 3.49. The van der Waals surface area contributed by atoms with Crippen LogP contribution < -0.4 is 19.4 Å². The van der Waals surface area contributed by atoms with Crippen LogP contribution in [0.2, 0.25) is 5.02 Å². The van der Waals surface area contributed by atoms with Crippen molar-refractivity contribution in [2.75, 3.05) is 16.6 Å². The number of carbonyl (C=O) groups is 2. The molecule has 2 amide bonds. The van der Waals surface area contributed by atoms with Gasteiger partial charge in [-0.2, -0.15) is 0 Å². The molecule has 0 spiro atoms. The van der Waals surface area contributed by atoms with Crippen LogP contribution >= 0.6 is 11.6 Å². The zero-order valence-electron chi connectivity index (χ0n) is 21.8. The third-order valence-electron chi connectivity index (χ3n) is 7.07. The Balaban J connectivity index is 1.38. The Labute approximate surface area is 237 Å². The molecule has 2 saturated heterocycles. The lowest BCUT2D eigenvalue weighted by Crippen LogP contribution is -2.37. The summed E-state index contributed by atoms with van der Waals surface area (Å²) in [7, 11) is 0. The second kappa shape index (κ2) is 11.0. The van der Waals surface area contributed by atoms with Crippen molar-refractivity contribution in [3.05, 3.63) is 119 Å². The number of ether oxygens (including phenoxy) is 2. The third-order valence-corrected chi connectivity index (χ3v) is 7.39. The Bertz CT molecular complexity index is 1530. The molecule has 202 valence electrons. The van der Waals surface area contributed by atoms with Gasteiger partial charge in [0, 0.05) is 0 Å². The van der Waals surface area contributed by atoms with Crippen LogP contribution in [0.5, 0.6) is 11.5 Å². The molecule has 40 heavy (non-hydrogen) atoms. The molecule has 4 aromatic carbocycles. The third kappa shape index (κ3) is 4.68. The monoisotopic (exact) mass is 554 g/mol. The molecule has 0 aromatic heterocycles. The van der Waals surface area contributed by atoms with E-state index in [1.54, 1.807) is 29.3 Å². The molecule has 0 radical (unpaired) electrons. The van der Waals surface area contributed by atoms with E-state index in [1.807, 2.05) is 85.8 Å². The van der Waals surface area contributed by atoms with E-state index < -0.39 is 24.0 Å². The zero-order valence-corrected chi connectivity index (χ0v) is 22.5. The highest BCUT2D eigenvalue weighted by molar-refractivity contribution is 6.36. The number of halogens is 1. The van der Waals surface area contributed by atoms with Crippen LogP contribution in [-0.2, 0) is 21.0 Å². The molecule has 0 N–H and O–H groups in total. The number of nitrogens with zero attached hydrogens (tertiary/aromatic N) is 2. The number of carbonyl (C=O) groups excluding carboxylic acids is 2. The minimum Gasteiger partial charge on any atom is -0.490 e. The first-order valence-electron chi connectivity index (χ1n) is 13.1. The summed E-state index contributed by atoms with van der Waals surface area (Å²) in [6.07, 6.45) is -1.00. The van der Waals surface area contributed by atoms with Crippen LogP contribution in [0.15, 0.2) is 103 Å². The average molecular weight is 555 g/mol. The van der Waals surface area contributed by atoms with Crippen molar-refractivity contribution in [2.45, 2.75) is 25.7 Å². The van der Waals surface area contributed by atoms with Crippen LogP contribution in [0, 0.1) is 5.92 Å². The summed E-state index contributed by atoms with van der Waals surface area (Å²) in [5.74, 6) is -0.474.